The molecular weight excluding hydrogens is 352 g/mol. The molecule has 158 valence electrons. The predicted octanol–water partition coefficient (Wildman–Crippen LogP) is 5.04. The molecule has 0 atom stereocenters. The molecule has 0 heterocycles. The molecule has 0 aliphatic rings. The first-order valence-corrected chi connectivity index (χ1v) is 10.7. The second-order valence-corrected chi connectivity index (χ2v) is 6.85. The fourth-order valence-electron chi connectivity index (χ4n) is 2.83. The normalized spacial score (nSPS) is 10.7. The van der Waals surface area contributed by atoms with Crippen molar-refractivity contribution in [3.63, 3.8) is 0 Å². The monoisotopic (exact) mass is 390 g/mol. The molecule has 28 heavy (non-hydrogen) atoms. The molecule has 0 spiro atoms. The Bertz CT molecular complexity index is 492. The van der Waals surface area contributed by atoms with Crippen LogP contribution >= 0.6 is 0 Å². The van der Waals surface area contributed by atoms with Gasteiger partial charge in [0.15, 0.2) is 0 Å². The van der Waals surface area contributed by atoms with Gasteiger partial charge in [-0.25, -0.2) is 0 Å². The number of aryl methyl sites for hydroxylation is 1. The summed E-state index contributed by atoms with van der Waals surface area (Å²) in [6.45, 7) is 5.84. The zero-order valence-electron chi connectivity index (χ0n) is 17.6. The second kappa shape index (κ2) is 18.8. The van der Waals surface area contributed by atoms with Gasteiger partial charge in [0.2, 0.25) is 0 Å². The summed E-state index contributed by atoms with van der Waals surface area (Å²) in [5.41, 5.74) is 1.39. The van der Waals surface area contributed by atoms with Crippen molar-refractivity contribution in [1.82, 2.24) is 0 Å². The summed E-state index contributed by atoms with van der Waals surface area (Å²) in [6, 6.07) is 8.44. The van der Waals surface area contributed by atoms with E-state index < -0.39 is 0 Å². The molecule has 0 amide bonds. The molecule has 4 nitrogen and oxygen atoms in total. The Morgan fingerprint density at radius 1 is 0.714 bits per heavy atom. The topological polar surface area (TPSA) is 36.9 Å². The van der Waals surface area contributed by atoms with Crippen LogP contribution in [-0.4, -0.2) is 46.2 Å². The lowest BCUT2D eigenvalue weighted by molar-refractivity contribution is 0.0142. The Morgan fingerprint density at radius 3 is 1.93 bits per heavy atom. The molecule has 0 saturated heterocycles. The third-order valence-corrected chi connectivity index (χ3v) is 4.42. The van der Waals surface area contributed by atoms with E-state index in [9.17, 15) is 0 Å². The van der Waals surface area contributed by atoms with E-state index in [1.54, 1.807) is 0 Å². The van der Waals surface area contributed by atoms with Crippen molar-refractivity contribution in [2.45, 2.75) is 58.3 Å². The first-order chi connectivity index (χ1) is 13.9. The van der Waals surface area contributed by atoms with Gasteiger partial charge < -0.3 is 18.9 Å². The summed E-state index contributed by atoms with van der Waals surface area (Å²) in [7, 11) is 0. The van der Waals surface area contributed by atoms with Gasteiger partial charge in [0.05, 0.1) is 33.0 Å². The van der Waals surface area contributed by atoms with Crippen molar-refractivity contribution in [1.29, 1.82) is 0 Å². The van der Waals surface area contributed by atoms with Gasteiger partial charge in [-0.05, 0) is 30.5 Å². The highest BCUT2D eigenvalue weighted by molar-refractivity contribution is 5.27. The molecule has 0 aromatic heterocycles. The molecule has 0 radical (unpaired) electrons. The quantitative estimate of drug-likeness (QED) is 0.245. The third kappa shape index (κ3) is 14.5. The van der Waals surface area contributed by atoms with Crippen LogP contribution in [0.15, 0.2) is 24.3 Å². The van der Waals surface area contributed by atoms with Gasteiger partial charge in [0.25, 0.3) is 0 Å². The van der Waals surface area contributed by atoms with Crippen molar-refractivity contribution >= 4 is 0 Å². The van der Waals surface area contributed by atoms with Crippen LogP contribution in [0.1, 0.15) is 57.4 Å². The highest BCUT2D eigenvalue weighted by Gasteiger charge is 1.98. The molecule has 1 rings (SSSR count). The highest BCUT2D eigenvalue weighted by Crippen LogP contribution is 2.15. The van der Waals surface area contributed by atoms with Gasteiger partial charge in [-0.2, -0.15) is 0 Å². The van der Waals surface area contributed by atoms with Crippen LogP contribution < -0.4 is 4.74 Å². The highest BCUT2D eigenvalue weighted by atomic mass is 16.6. The van der Waals surface area contributed by atoms with Gasteiger partial charge in [0.1, 0.15) is 19.0 Å². The second-order valence-electron chi connectivity index (χ2n) is 6.85. The lowest BCUT2D eigenvalue weighted by Crippen LogP contribution is -2.12. The summed E-state index contributed by atoms with van der Waals surface area (Å²) < 4.78 is 21.7. The molecule has 0 aliphatic heterocycles. The maximum atomic E-state index is 5.71. The van der Waals surface area contributed by atoms with Crippen molar-refractivity contribution in [3.05, 3.63) is 29.8 Å². The van der Waals surface area contributed by atoms with Gasteiger partial charge >= 0.3 is 0 Å². The molecule has 0 fully saturated rings. The summed E-state index contributed by atoms with van der Waals surface area (Å²) in [5, 5.41) is 0. The van der Waals surface area contributed by atoms with Crippen molar-refractivity contribution < 1.29 is 18.9 Å². The fourth-order valence-corrected chi connectivity index (χ4v) is 2.83. The average Bonchev–Trinajstić information content (AvgIpc) is 2.72. The van der Waals surface area contributed by atoms with E-state index in [2.05, 4.69) is 37.1 Å². The molecule has 0 bridgehead atoms. The average molecular weight is 391 g/mol. The van der Waals surface area contributed by atoms with Crippen molar-refractivity contribution in [2.24, 2.45) is 0 Å². The first-order valence-electron chi connectivity index (χ1n) is 10.7. The van der Waals surface area contributed by atoms with Crippen LogP contribution in [0.5, 0.6) is 5.75 Å². The van der Waals surface area contributed by atoms with E-state index in [0.29, 0.717) is 46.2 Å². The van der Waals surface area contributed by atoms with Gasteiger partial charge in [-0.1, -0.05) is 63.5 Å². The zero-order valence-corrected chi connectivity index (χ0v) is 17.6. The number of terminal acetylenes is 1. The van der Waals surface area contributed by atoms with E-state index in [-0.39, 0.29) is 0 Å². The minimum Gasteiger partial charge on any atom is -0.491 e. The Morgan fingerprint density at radius 2 is 1.29 bits per heavy atom. The number of unbranched alkanes of at least 4 members (excludes halogenated alkanes) is 6. The first kappa shape index (κ1) is 24.5. The lowest BCUT2D eigenvalue weighted by atomic mass is 10.0. The smallest absolute Gasteiger partial charge is 0.119 e. The van der Waals surface area contributed by atoms with E-state index in [1.165, 1.54) is 50.5 Å². The SMILES string of the molecule is C#CCOCCOCCOCCOc1ccc(CCCCCCCCC)cc1. The summed E-state index contributed by atoms with van der Waals surface area (Å²) in [5.74, 6) is 3.31. The van der Waals surface area contributed by atoms with Gasteiger partial charge in [-0.15, -0.1) is 6.42 Å². The number of hydrogen-bond donors (Lipinski definition) is 0. The number of ether oxygens (including phenoxy) is 4. The van der Waals surface area contributed by atoms with Crippen LogP contribution in [0.4, 0.5) is 0 Å². The minimum atomic E-state index is 0.331. The predicted molar refractivity (Wildman–Crippen MR) is 115 cm³/mol. The molecule has 0 unspecified atom stereocenters. The lowest BCUT2D eigenvalue weighted by Gasteiger charge is -2.09. The van der Waals surface area contributed by atoms with E-state index in [1.807, 2.05) is 0 Å². The van der Waals surface area contributed by atoms with Crippen LogP contribution in [0.25, 0.3) is 0 Å². The van der Waals surface area contributed by atoms with Crippen LogP contribution in [0, 0.1) is 12.3 Å². The summed E-state index contributed by atoms with van der Waals surface area (Å²) in [4.78, 5) is 0. The fraction of sp³-hybridized carbons (Fsp3) is 0.667. The summed E-state index contributed by atoms with van der Waals surface area (Å²) >= 11 is 0. The van der Waals surface area contributed by atoms with E-state index in [0.717, 1.165) is 12.2 Å². The van der Waals surface area contributed by atoms with E-state index >= 15 is 0 Å². The van der Waals surface area contributed by atoms with Crippen LogP contribution in [-0.2, 0) is 20.6 Å². The Kier molecular flexibility index (Phi) is 16.5. The zero-order chi connectivity index (χ0) is 20.1. The standard InChI is InChI=1S/C24H38O4/c1-3-5-6-7-8-9-10-11-23-12-14-24(15-13-23)28-22-21-27-20-19-26-18-17-25-16-4-2/h2,12-15H,3,5-11,16-22H2,1H3. The Balaban J connectivity index is 1.94. The molecule has 0 saturated carbocycles. The van der Waals surface area contributed by atoms with Crippen molar-refractivity contribution in [3.8, 4) is 18.1 Å². The molecule has 4 heteroatoms. The van der Waals surface area contributed by atoms with Gasteiger partial charge in [-0.3, -0.25) is 0 Å². The van der Waals surface area contributed by atoms with Crippen LogP contribution in [0.2, 0.25) is 0 Å². The Labute approximate surface area is 171 Å². The molecule has 0 N–H and O–H groups in total. The third-order valence-electron chi connectivity index (χ3n) is 4.42. The number of benzene rings is 1. The largest absolute Gasteiger partial charge is 0.491 e. The Hall–Kier alpha value is -1.54. The van der Waals surface area contributed by atoms with Gasteiger partial charge in [0, 0.05) is 0 Å². The minimum absolute atomic E-state index is 0.331. The molecule has 1 aromatic carbocycles. The maximum absolute atomic E-state index is 5.71. The number of rotatable bonds is 19. The summed E-state index contributed by atoms with van der Waals surface area (Å²) in [6.07, 6.45) is 15.7. The maximum Gasteiger partial charge on any atom is 0.119 e. The molecule has 1 aromatic rings. The van der Waals surface area contributed by atoms with E-state index in [4.69, 9.17) is 25.4 Å². The van der Waals surface area contributed by atoms with Crippen molar-refractivity contribution in [2.75, 3.05) is 46.2 Å². The molecular formula is C24H38O4. The number of hydrogen-bond acceptors (Lipinski definition) is 4. The van der Waals surface area contributed by atoms with Crippen LogP contribution in [0.3, 0.4) is 0 Å². The molecule has 0 aliphatic carbocycles.